The fourth-order valence-electron chi connectivity index (χ4n) is 0.364. The molecule has 1 N–H and O–H groups in total. The van der Waals surface area contributed by atoms with Gasteiger partial charge >= 0.3 is 59.1 Å². The number of hydrogen-bond donors (Lipinski definition) is 1. The fraction of sp³-hybridized carbons (Fsp3) is 0.800. The predicted octanol–water partition coefficient (Wildman–Crippen LogP) is -0.951. The standard InChI is InChI=1S/C5H10O2.2Na.2H/c1-2-3-5(7)4-6;;;;/h4-5,7H,2-3H2,1H3;;;;. The van der Waals surface area contributed by atoms with E-state index in [1.807, 2.05) is 6.92 Å². The van der Waals surface area contributed by atoms with Crippen LogP contribution in [0.25, 0.3) is 0 Å². The van der Waals surface area contributed by atoms with Gasteiger partial charge in [0.05, 0.1) is 0 Å². The molecule has 0 spiro atoms. The van der Waals surface area contributed by atoms with Crippen LogP contribution in [0.15, 0.2) is 0 Å². The third kappa shape index (κ3) is 12.8. The van der Waals surface area contributed by atoms with E-state index >= 15 is 0 Å². The zero-order valence-corrected chi connectivity index (χ0v) is 4.42. The Morgan fingerprint density at radius 1 is 1.56 bits per heavy atom. The van der Waals surface area contributed by atoms with Crippen molar-refractivity contribution in [2.24, 2.45) is 0 Å². The summed E-state index contributed by atoms with van der Waals surface area (Å²) < 4.78 is 0. The van der Waals surface area contributed by atoms with Gasteiger partial charge in [-0.2, -0.15) is 0 Å². The average Bonchev–Trinajstić information content (AvgIpc) is 1.68. The van der Waals surface area contributed by atoms with Crippen LogP contribution >= 0.6 is 0 Å². The van der Waals surface area contributed by atoms with Gasteiger partial charge in [-0.25, -0.2) is 0 Å². The van der Waals surface area contributed by atoms with Gasteiger partial charge in [-0.1, -0.05) is 13.3 Å². The number of aliphatic hydroxyl groups excluding tert-OH is 1. The van der Waals surface area contributed by atoms with E-state index in [9.17, 15) is 4.79 Å². The van der Waals surface area contributed by atoms with Crippen molar-refractivity contribution in [2.45, 2.75) is 25.9 Å². The molecule has 0 amide bonds. The summed E-state index contributed by atoms with van der Waals surface area (Å²) in [6.45, 7) is 1.92. The van der Waals surface area contributed by atoms with Crippen LogP contribution in [0.5, 0.6) is 0 Å². The normalized spacial score (nSPS) is 10.4. The first-order chi connectivity index (χ1) is 3.31. The number of rotatable bonds is 3. The summed E-state index contributed by atoms with van der Waals surface area (Å²) >= 11 is 0. The van der Waals surface area contributed by atoms with Gasteiger partial charge in [-0.15, -0.1) is 0 Å². The van der Waals surface area contributed by atoms with Crippen LogP contribution in [-0.2, 0) is 4.79 Å². The zero-order valence-electron chi connectivity index (χ0n) is 4.42. The van der Waals surface area contributed by atoms with E-state index in [4.69, 9.17) is 5.11 Å². The molecule has 0 aliphatic rings. The van der Waals surface area contributed by atoms with Crippen molar-refractivity contribution in [2.75, 3.05) is 0 Å². The average molecular weight is 150 g/mol. The molecule has 1 unspecified atom stereocenters. The van der Waals surface area contributed by atoms with Crippen LogP contribution in [0.2, 0.25) is 0 Å². The van der Waals surface area contributed by atoms with E-state index in [1.54, 1.807) is 0 Å². The van der Waals surface area contributed by atoms with E-state index in [0.717, 1.165) is 6.42 Å². The fourth-order valence-corrected chi connectivity index (χ4v) is 0.364. The Morgan fingerprint density at radius 2 is 2.00 bits per heavy atom. The Bertz CT molecular complexity index is 58.9. The van der Waals surface area contributed by atoms with Gasteiger partial charge in [0, 0.05) is 0 Å². The third-order valence-corrected chi connectivity index (χ3v) is 0.742. The Labute approximate surface area is 100.0 Å². The van der Waals surface area contributed by atoms with Crippen LogP contribution in [0.4, 0.5) is 0 Å². The Kier molecular flexibility index (Phi) is 23.2. The summed E-state index contributed by atoms with van der Waals surface area (Å²) in [4.78, 5) is 9.64. The maximum absolute atomic E-state index is 9.64. The second-order valence-corrected chi connectivity index (χ2v) is 1.49. The first-order valence-electron chi connectivity index (χ1n) is 2.44. The summed E-state index contributed by atoms with van der Waals surface area (Å²) in [6.07, 6.45) is 1.28. The molecule has 0 saturated carbocycles. The molecule has 4 heteroatoms. The molecular weight excluding hydrogens is 138 g/mol. The summed E-state index contributed by atoms with van der Waals surface area (Å²) in [7, 11) is 0. The van der Waals surface area contributed by atoms with Gasteiger partial charge in [-0.05, 0) is 6.42 Å². The molecule has 1 atom stereocenters. The molecule has 0 aliphatic heterocycles. The Hall–Kier alpha value is 1.63. The molecule has 0 bridgehead atoms. The van der Waals surface area contributed by atoms with E-state index in [0.29, 0.717) is 12.7 Å². The second-order valence-electron chi connectivity index (χ2n) is 1.49. The van der Waals surface area contributed by atoms with Crippen LogP contribution in [0.3, 0.4) is 0 Å². The molecule has 0 aromatic heterocycles. The van der Waals surface area contributed by atoms with Crippen LogP contribution in [-0.4, -0.2) is 76.6 Å². The quantitative estimate of drug-likeness (QED) is 0.416. The molecule has 9 heavy (non-hydrogen) atoms. The minimum absolute atomic E-state index is 0. The van der Waals surface area contributed by atoms with Gasteiger partial charge in [0.2, 0.25) is 0 Å². The molecule has 46 valence electrons. The molecule has 0 fully saturated rings. The van der Waals surface area contributed by atoms with Crippen molar-refractivity contribution in [1.82, 2.24) is 0 Å². The maximum atomic E-state index is 9.64. The van der Waals surface area contributed by atoms with Crippen molar-refractivity contribution in [3.63, 3.8) is 0 Å². The number of hydrogen-bond acceptors (Lipinski definition) is 2. The van der Waals surface area contributed by atoms with Crippen molar-refractivity contribution < 1.29 is 9.90 Å². The summed E-state index contributed by atoms with van der Waals surface area (Å²) in [5.74, 6) is 0. The second kappa shape index (κ2) is 12.3. The van der Waals surface area contributed by atoms with Crippen LogP contribution in [0.1, 0.15) is 19.8 Å². The van der Waals surface area contributed by atoms with Gasteiger partial charge in [0.25, 0.3) is 0 Å². The predicted molar refractivity (Wildman–Crippen MR) is 41.3 cm³/mol. The zero-order chi connectivity index (χ0) is 5.70. The third-order valence-electron chi connectivity index (χ3n) is 0.742. The monoisotopic (exact) mass is 150 g/mol. The van der Waals surface area contributed by atoms with E-state index < -0.39 is 6.10 Å². The summed E-state index contributed by atoms with van der Waals surface area (Å²) in [5, 5.41) is 8.49. The minimum atomic E-state index is -0.731. The molecule has 2 nitrogen and oxygen atoms in total. The molecule has 0 aromatic rings. The van der Waals surface area contributed by atoms with E-state index in [-0.39, 0.29) is 59.1 Å². The Morgan fingerprint density at radius 3 is 2.11 bits per heavy atom. The van der Waals surface area contributed by atoms with Gasteiger partial charge in [0.15, 0.2) is 0 Å². The van der Waals surface area contributed by atoms with Gasteiger partial charge in [-0.3, -0.25) is 0 Å². The van der Waals surface area contributed by atoms with Gasteiger partial charge < -0.3 is 9.90 Å². The molecule has 0 radical (unpaired) electrons. The first kappa shape index (κ1) is 16.9. The van der Waals surface area contributed by atoms with Crippen molar-refractivity contribution in [1.29, 1.82) is 0 Å². The van der Waals surface area contributed by atoms with Crippen LogP contribution < -0.4 is 0 Å². The van der Waals surface area contributed by atoms with Crippen molar-refractivity contribution in [3.05, 3.63) is 0 Å². The summed E-state index contributed by atoms with van der Waals surface area (Å²) in [5.41, 5.74) is 0. The molecule has 0 saturated heterocycles. The molecule has 0 rings (SSSR count). The van der Waals surface area contributed by atoms with Gasteiger partial charge in [0.1, 0.15) is 12.4 Å². The number of carbonyl (C=O) groups excluding carboxylic acids is 1. The van der Waals surface area contributed by atoms with E-state index in [2.05, 4.69) is 0 Å². The van der Waals surface area contributed by atoms with Crippen molar-refractivity contribution in [3.8, 4) is 0 Å². The molecule has 0 aromatic carbocycles. The molecule has 0 aliphatic carbocycles. The van der Waals surface area contributed by atoms with Crippen molar-refractivity contribution >= 4 is 65.4 Å². The van der Waals surface area contributed by atoms with Crippen LogP contribution in [0, 0.1) is 0 Å². The number of aliphatic hydroxyl groups is 1. The molecular formula is C5H12Na2O2. The first-order valence-corrected chi connectivity index (χ1v) is 2.44. The van der Waals surface area contributed by atoms with E-state index in [1.165, 1.54) is 0 Å². The Balaban J connectivity index is -0.000000180. The molecule has 0 heterocycles. The number of carbonyl (C=O) groups is 1. The summed E-state index contributed by atoms with van der Waals surface area (Å²) in [6, 6.07) is 0. The SMILES string of the molecule is CCCC(O)C=O.[NaH].[NaH]. The number of aldehydes is 1. The topological polar surface area (TPSA) is 37.3 Å².